The van der Waals surface area contributed by atoms with Crippen molar-refractivity contribution in [2.75, 3.05) is 13.1 Å². The Hall–Kier alpha value is -1.44. The van der Waals surface area contributed by atoms with E-state index in [4.69, 9.17) is 5.73 Å². The SMILES string of the molecule is CC(C)NS(=O)(=O)c1ccc(C(=O)N2CCC(C(C)N)CC2)cc1. The minimum Gasteiger partial charge on any atom is -0.339 e. The summed E-state index contributed by atoms with van der Waals surface area (Å²) in [5.41, 5.74) is 6.44. The predicted octanol–water partition coefficient (Wildman–Crippen LogP) is 1.57. The Bertz CT molecular complexity index is 661. The molecule has 1 fully saturated rings. The molecule has 1 saturated heterocycles. The number of likely N-dealkylation sites (tertiary alicyclic amines) is 1. The van der Waals surface area contributed by atoms with Gasteiger partial charge in [0.2, 0.25) is 10.0 Å². The van der Waals surface area contributed by atoms with Crippen LogP contribution in [0.4, 0.5) is 0 Å². The van der Waals surface area contributed by atoms with E-state index in [0.717, 1.165) is 12.8 Å². The van der Waals surface area contributed by atoms with Crippen LogP contribution >= 0.6 is 0 Å². The summed E-state index contributed by atoms with van der Waals surface area (Å²) in [7, 11) is -3.53. The van der Waals surface area contributed by atoms with Crippen LogP contribution in [0.3, 0.4) is 0 Å². The van der Waals surface area contributed by atoms with Crippen LogP contribution in [0.15, 0.2) is 29.2 Å². The second-order valence-corrected chi connectivity index (χ2v) is 8.50. The Kier molecular flexibility index (Phi) is 6.01. The largest absolute Gasteiger partial charge is 0.339 e. The van der Waals surface area contributed by atoms with E-state index >= 15 is 0 Å². The van der Waals surface area contributed by atoms with Crippen LogP contribution in [0, 0.1) is 5.92 Å². The highest BCUT2D eigenvalue weighted by atomic mass is 32.2. The van der Waals surface area contributed by atoms with E-state index in [0.29, 0.717) is 24.6 Å². The number of hydrogen-bond acceptors (Lipinski definition) is 4. The molecule has 0 bridgehead atoms. The van der Waals surface area contributed by atoms with Gasteiger partial charge in [-0.3, -0.25) is 4.79 Å². The van der Waals surface area contributed by atoms with Gasteiger partial charge in [-0.2, -0.15) is 0 Å². The van der Waals surface area contributed by atoms with Gasteiger partial charge in [0.1, 0.15) is 0 Å². The summed E-state index contributed by atoms with van der Waals surface area (Å²) >= 11 is 0. The van der Waals surface area contributed by atoms with Crippen molar-refractivity contribution in [1.82, 2.24) is 9.62 Å². The van der Waals surface area contributed by atoms with E-state index in [2.05, 4.69) is 4.72 Å². The molecule has 3 N–H and O–H groups in total. The molecule has 1 atom stereocenters. The highest BCUT2D eigenvalue weighted by molar-refractivity contribution is 7.89. The van der Waals surface area contributed by atoms with Gasteiger partial charge in [0.25, 0.3) is 5.91 Å². The van der Waals surface area contributed by atoms with Crippen LogP contribution in [-0.4, -0.2) is 44.4 Å². The Morgan fingerprint density at radius 3 is 2.17 bits per heavy atom. The fourth-order valence-electron chi connectivity index (χ4n) is 2.97. The smallest absolute Gasteiger partial charge is 0.253 e. The number of nitrogens with two attached hydrogens (primary N) is 1. The van der Waals surface area contributed by atoms with Crippen molar-refractivity contribution in [2.24, 2.45) is 11.7 Å². The maximum Gasteiger partial charge on any atom is 0.253 e. The third-order valence-corrected chi connectivity index (χ3v) is 6.05. The lowest BCUT2D eigenvalue weighted by atomic mass is 9.90. The zero-order chi connectivity index (χ0) is 17.9. The molecular formula is C17H27N3O3S. The van der Waals surface area contributed by atoms with Crippen LogP contribution < -0.4 is 10.5 Å². The van der Waals surface area contributed by atoms with E-state index in [9.17, 15) is 13.2 Å². The van der Waals surface area contributed by atoms with Gasteiger partial charge in [-0.15, -0.1) is 0 Å². The molecule has 0 aliphatic carbocycles. The first-order valence-corrected chi connectivity index (χ1v) is 9.86. The fourth-order valence-corrected chi connectivity index (χ4v) is 4.22. The van der Waals surface area contributed by atoms with Crippen molar-refractivity contribution in [1.29, 1.82) is 0 Å². The molecule has 1 aromatic rings. The molecule has 134 valence electrons. The first-order chi connectivity index (χ1) is 11.2. The van der Waals surface area contributed by atoms with E-state index < -0.39 is 10.0 Å². The minimum atomic E-state index is -3.53. The standard InChI is InChI=1S/C17H27N3O3S/c1-12(2)19-24(22,23)16-6-4-15(5-7-16)17(21)20-10-8-14(9-11-20)13(3)18/h4-7,12-14,19H,8-11,18H2,1-3H3. The average Bonchev–Trinajstić information content (AvgIpc) is 2.53. The van der Waals surface area contributed by atoms with Gasteiger partial charge in [-0.25, -0.2) is 13.1 Å². The summed E-state index contributed by atoms with van der Waals surface area (Å²) in [6, 6.07) is 6.09. The van der Waals surface area contributed by atoms with Crippen molar-refractivity contribution in [3.63, 3.8) is 0 Å². The number of carbonyl (C=O) groups is 1. The van der Waals surface area contributed by atoms with E-state index in [1.165, 1.54) is 12.1 Å². The molecule has 1 aliphatic rings. The van der Waals surface area contributed by atoms with Crippen LogP contribution in [0.25, 0.3) is 0 Å². The van der Waals surface area contributed by atoms with Crippen molar-refractivity contribution in [3.8, 4) is 0 Å². The summed E-state index contributed by atoms with van der Waals surface area (Å²) in [4.78, 5) is 14.5. The molecule has 0 spiro atoms. The molecule has 1 heterocycles. The fraction of sp³-hybridized carbons (Fsp3) is 0.588. The molecule has 1 aromatic carbocycles. The number of hydrogen-bond donors (Lipinski definition) is 2. The zero-order valence-corrected chi connectivity index (χ0v) is 15.3. The lowest BCUT2D eigenvalue weighted by Gasteiger charge is -2.33. The summed E-state index contributed by atoms with van der Waals surface area (Å²) < 4.78 is 26.7. The lowest BCUT2D eigenvalue weighted by molar-refractivity contribution is 0.0681. The topological polar surface area (TPSA) is 92.5 Å². The highest BCUT2D eigenvalue weighted by Crippen LogP contribution is 2.21. The van der Waals surface area contributed by atoms with Gasteiger partial charge < -0.3 is 10.6 Å². The Balaban J connectivity index is 2.04. The monoisotopic (exact) mass is 353 g/mol. The minimum absolute atomic E-state index is 0.0566. The second-order valence-electron chi connectivity index (χ2n) is 6.79. The molecule has 6 nitrogen and oxygen atoms in total. The third-order valence-electron chi connectivity index (χ3n) is 4.37. The number of nitrogens with one attached hydrogen (secondary N) is 1. The van der Waals surface area contributed by atoms with E-state index in [-0.39, 0.29) is 22.9 Å². The number of carbonyl (C=O) groups excluding carboxylic acids is 1. The Morgan fingerprint density at radius 2 is 1.71 bits per heavy atom. The molecule has 1 amide bonds. The number of rotatable bonds is 5. The van der Waals surface area contributed by atoms with Gasteiger partial charge in [-0.05, 0) is 63.8 Å². The number of nitrogens with zero attached hydrogens (tertiary/aromatic N) is 1. The molecule has 0 radical (unpaired) electrons. The van der Waals surface area contributed by atoms with Crippen molar-refractivity contribution in [3.05, 3.63) is 29.8 Å². The lowest BCUT2D eigenvalue weighted by Crippen LogP contribution is -2.42. The molecule has 2 rings (SSSR count). The summed E-state index contributed by atoms with van der Waals surface area (Å²) in [6.07, 6.45) is 1.82. The van der Waals surface area contributed by atoms with Crippen LogP contribution in [-0.2, 0) is 10.0 Å². The first kappa shape index (κ1) is 18.9. The molecule has 1 aliphatic heterocycles. The van der Waals surface area contributed by atoms with Crippen molar-refractivity contribution < 1.29 is 13.2 Å². The number of amides is 1. The molecule has 7 heteroatoms. The zero-order valence-electron chi connectivity index (χ0n) is 14.5. The quantitative estimate of drug-likeness (QED) is 0.840. The summed E-state index contributed by atoms with van der Waals surface area (Å²) in [5, 5.41) is 0. The van der Waals surface area contributed by atoms with E-state index in [1.54, 1.807) is 26.0 Å². The third kappa shape index (κ3) is 4.55. The molecule has 0 saturated carbocycles. The number of sulfonamides is 1. The average molecular weight is 353 g/mol. The van der Waals surface area contributed by atoms with Gasteiger partial charge in [0.15, 0.2) is 0 Å². The maximum absolute atomic E-state index is 12.5. The molecular weight excluding hydrogens is 326 g/mol. The van der Waals surface area contributed by atoms with Gasteiger partial charge in [0.05, 0.1) is 4.90 Å². The molecule has 1 unspecified atom stereocenters. The summed E-state index contributed by atoms with van der Waals surface area (Å²) in [5.74, 6) is 0.405. The Labute approximate surface area is 144 Å². The normalized spacial score (nSPS) is 18.0. The molecule has 24 heavy (non-hydrogen) atoms. The van der Waals surface area contributed by atoms with Crippen molar-refractivity contribution in [2.45, 2.75) is 50.6 Å². The second kappa shape index (κ2) is 7.63. The molecule has 0 aromatic heterocycles. The number of benzene rings is 1. The number of piperidine rings is 1. The summed E-state index contributed by atoms with van der Waals surface area (Å²) in [6.45, 7) is 6.93. The van der Waals surface area contributed by atoms with E-state index in [1.807, 2.05) is 11.8 Å². The predicted molar refractivity (Wildman–Crippen MR) is 94.2 cm³/mol. The van der Waals surface area contributed by atoms with Gasteiger partial charge in [-0.1, -0.05) is 0 Å². The maximum atomic E-state index is 12.5. The van der Waals surface area contributed by atoms with Gasteiger partial charge >= 0.3 is 0 Å². The van der Waals surface area contributed by atoms with Crippen molar-refractivity contribution >= 4 is 15.9 Å². The van der Waals surface area contributed by atoms with Gasteiger partial charge in [0, 0.05) is 30.7 Å². The first-order valence-electron chi connectivity index (χ1n) is 8.38. The highest BCUT2D eigenvalue weighted by Gasteiger charge is 2.25. The van der Waals surface area contributed by atoms with Crippen LogP contribution in [0.5, 0.6) is 0 Å². The Morgan fingerprint density at radius 1 is 1.17 bits per heavy atom. The van der Waals surface area contributed by atoms with Crippen LogP contribution in [0.2, 0.25) is 0 Å². The van der Waals surface area contributed by atoms with Crippen LogP contribution in [0.1, 0.15) is 44.0 Å².